The number of aliphatic hydroxyl groups excluding tert-OH is 1. The lowest BCUT2D eigenvalue weighted by Gasteiger charge is -2.42. The van der Waals surface area contributed by atoms with E-state index in [1.165, 1.54) is 0 Å². The predicted molar refractivity (Wildman–Crippen MR) is 71.0 cm³/mol. The van der Waals surface area contributed by atoms with Crippen LogP contribution in [0.5, 0.6) is 0 Å². The van der Waals surface area contributed by atoms with Crippen molar-refractivity contribution in [1.82, 2.24) is 4.90 Å². The number of carboxylic acid groups (broad SMARTS) is 1. The Bertz CT molecular complexity index is 431. The molecule has 0 aromatic rings. The number of hydrogen-bond acceptors (Lipinski definition) is 4. The van der Waals surface area contributed by atoms with E-state index in [9.17, 15) is 19.8 Å². The lowest BCUT2D eigenvalue weighted by atomic mass is 10.0. The van der Waals surface area contributed by atoms with Crippen LogP contribution in [0, 0.1) is 17.3 Å². The van der Waals surface area contributed by atoms with Crippen LogP contribution in [0.25, 0.3) is 0 Å². The van der Waals surface area contributed by atoms with Crippen molar-refractivity contribution in [3.63, 3.8) is 0 Å². The maximum absolute atomic E-state index is 12.6. The summed E-state index contributed by atoms with van der Waals surface area (Å²) in [4.78, 5) is 25.4. The molecule has 0 aromatic heterocycles. The molecule has 1 heterocycles. The Hall–Kier alpha value is -1.14. The highest BCUT2D eigenvalue weighted by Gasteiger charge is 2.66. The minimum absolute atomic E-state index is 0.141. The number of aliphatic hydroxyl groups is 1. The van der Waals surface area contributed by atoms with Gasteiger partial charge in [0.25, 0.3) is 0 Å². The topological polar surface area (TPSA) is 87.1 Å². The molecule has 1 aliphatic carbocycles. The lowest BCUT2D eigenvalue weighted by Crippen LogP contribution is -2.56. The fraction of sp³-hybridized carbons (Fsp3) is 0.857. The van der Waals surface area contributed by atoms with Gasteiger partial charge in [-0.2, -0.15) is 0 Å². The van der Waals surface area contributed by atoms with E-state index >= 15 is 0 Å². The molecule has 1 saturated carbocycles. The second-order valence-electron chi connectivity index (χ2n) is 7.02. The molecule has 0 radical (unpaired) electrons. The fourth-order valence-corrected chi connectivity index (χ4v) is 3.31. The van der Waals surface area contributed by atoms with Gasteiger partial charge in [-0.15, -0.1) is 0 Å². The summed E-state index contributed by atoms with van der Waals surface area (Å²) in [7, 11) is 0. The molecule has 2 fully saturated rings. The summed E-state index contributed by atoms with van der Waals surface area (Å²) in [5.41, 5.74) is -1.03. The number of nitrogens with zero attached hydrogens (tertiary/aromatic N) is 1. The number of carboxylic acids is 1. The van der Waals surface area contributed by atoms with Crippen molar-refractivity contribution in [3.05, 3.63) is 0 Å². The van der Waals surface area contributed by atoms with Gasteiger partial charge in [0.15, 0.2) is 0 Å². The first-order chi connectivity index (χ1) is 9.10. The summed E-state index contributed by atoms with van der Waals surface area (Å²) < 4.78 is 5.67. The van der Waals surface area contributed by atoms with Gasteiger partial charge >= 0.3 is 5.97 Å². The zero-order chi connectivity index (χ0) is 15.3. The molecular weight excluding hydrogens is 262 g/mol. The first-order valence-corrected chi connectivity index (χ1v) is 6.90. The number of carbonyl (C=O) groups is 2. The highest BCUT2D eigenvalue weighted by atomic mass is 16.5. The van der Waals surface area contributed by atoms with Gasteiger partial charge in [-0.05, 0) is 19.3 Å². The molecule has 0 aromatic carbocycles. The van der Waals surface area contributed by atoms with Crippen molar-refractivity contribution in [1.29, 1.82) is 0 Å². The van der Waals surface area contributed by atoms with Gasteiger partial charge in [0.2, 0.25) is 5.91 Å². The van der Waals surface area contributed by atoms with Crippen molar-refractivity contribution in [3.8, 4) is 0 Å². The van der Waals surface area contributed by atoms with Crippen LogP contribution in [-0.2, 0) is 14.3 Å². The zero-order valence-corrected chi connectivity index (χ0v) is 12.4. The third kappa shape index (κ3) is 2.54. The average Bonchev–Trinajstić information content (AvgIpc) is 2.89. The van der Waals surface area contributed by atoms with Gasteiger partial charge in [0.1, 0.15) is 0 Å². The number of morpholine rings is 1. The number of rotatable bonds is 3. The molecule has 0 bridgehead atoms. The van der Waals surface area contributed by atoms with Crippen LogP contribution in [0.1, 0.15) is 27.7 Å². The molecule has 3 atom stereocenters. The Labute approximate surface area is 118 Å². The smallest absolute Gasteiger partial charge is 0.307 e. The largest absolute Gasteiger partial charge is 0.481 e. The Morgan fingerprint density at radius 3 is 2.30 bits per heavy atom. The second-order valence-corrected chi connectivity index (χ2v) is 7.02. The van der Waals surface area contributed by atoms with Crippen LogP contribution in [0.4, 0.5) is 0 Å². The van der Waals surface area contributed by atoms with E-state index in [1.54, 1.807) is 4.90 Å². The maximum atomic E-state index is 12.6. The second kappa shape index (κ2) is 4.70. The number of carbonyl (C=O) groups excluding carboxylic acids is 1. The van der Waals surface area contributed by atoms with E-state index in [0.717, 1.165) is 0 Å². The molecule has 1 saturated heterocycles. The van der Waals surface area contributed by atoms with Crippen LogP contribution < -0.4 is 0 Å². The normalized spacial score (nSPS) is 34.6. The summed E-state index contributed by atoms with van der Waals surface area (Å²) in [6.07, 6.45) is -0.409. The quantitative estimate of drug-likeness (QED) is 0.781. The van der Waals surface area contributed by atoms with Gasteiger partial charge in [-0.3, -0.25) is 9.59 Å². The molecule has 2 rings (SSSR count). The Morgan fingerprint density at radius 1 is 1.25 bits per heavy atom. The predicted octanol–water partition coefficient (Wildman–Crippen LogP) is 0.341. The van der Waals surface area contributed by atoms with Crippen molar-refractivity contribution >= 4 is 11.9 Å². The molecule has 0 spiro atoms. The van der Waals surface area contributed by atoms with E-state index in [2.05, 4.69) is 0 Å². The van der Waals surface area contributed by atoms with Crippen LogP contribution in [0.3, 0.4) is 0 Å². The van der Waals surface area contributed by atoms with E-state index in [1.807, 2.05) is 27.7 Å². The third-order valence-corrected chi connectivity index (χ3v) is 4.36. The van der Waals surface area contributed by atoms with Gasteiger partial charge in [-0.1, -0.05) is 13.8 Å². The Morgan fingerprint density at radius 2 is 1.85 bits per heavy atom. The van der Waals surface area contributed by atoms with Gasteiger partial charge in [0.05, 0.1) is 30.1 Å². The molecule has 3 unspecified atom stereocenters. The van der Waals surface area contributed by atoms with Crippen molar-refractivity contribution in [2.24, 2.45) is 17.3 Å². The molecule has 114 valence electrons. The minimum atomic E-state index is -0.917. The van der Waals surface area contributed by atoms with E-state index in [-0.39, 0.29) is 12.5 Å². The van der Waals surface area contributed by atoms with Crippen molar-refractivity contribution < 1.29 is 24.5 Å². The molecule has 20 heavy (non-hydrogen) atoms. The number of hydrogen-bond donors (Lipinski definition) is 2. The van der Waals surface area contributed by atoms with Gasteiger partial charge in [-0.25, -0.2) is 0 Å². The average molecular weight is 285 g/mol. The maximum Gasteiger partial charge on any atom is 0.307 e. The number of amides is 1. The first-order valence-electron chi connectivity index (χ1n) is 6.90. The third-order valence-electron chi connectivity index (χ3n) is 4.36. The summed E-state index contributed by atoms with van der Waals surface area (Å²) in [6, 6.07) is 0. The standard InChI is InChI=1S/C14H23NO5/c1-13(2)7-15(5-8(6-16)20-13)11(17)9-10(12(18)19)14(9,3)4/h8-10,16H,5-7H2,1-4H3,(H,18,19). The van der Waals surface area contributed by atoms with Crippen LogP contribution in [-0.4, -0.2) is 58.4 Å². The highest BCUT2D eigenvalue weighted by Crippen LogP contribution is 2.59. The number of aliphatic carboxylic acids is 1. The van der Waals surface area contributed by atoms with Crippen molar-refractivity contribution in [2.45, 2.75) is 39.4 Å². The highest BCUT2D eigenvalue weighted by molar-refractivity contribution is 5.91. The van der Waals surface area contributed by atoms with Crippen LogP contribution >= 0.6 is 0 Å². The molecule has 6 heteroatoms. The molecular formula is C14H23NO5. The number of ether oxygens (including phenoxy) is 1. The summed E-state index contributed by atoms with van der Waals surface area (Å²) in [6.45, 7) is 7.93. The minimum Gasteiger partial charge on any atom is -0.481 e. The molecule has 1 aliphatic heterocycles. The molecule has 2 aliphatic rings. The van der Waals surface area contributed by atoms with Crippen molar-refractivity contribution in [2.75, 3.05) is 19.7 Å². The lowest BCUT2D eigenvalue weighted by molar-refractivity contribution is -0.168. The molecule has 6 nitrogen and oxygen atoms in total. The first kappa shape index (κ1) is 15.3. The van der Waals surface area contributed by atoms with Crippen LogP contribution in [0.15, 0.2) is 0 Å². The van der Waals surface area contributed by atoms with E-state index < -0.39 is 34.9 Å². The molecule has 2 N–H and O–H groups in total. The zero-order valence-electron chi connectivity index (χ0n) is 12.4. The van der Waals surface area contributed by atoms with Gasteiger partial charge < -0.3 is 19.8 Å². The fourth-order valence-electron chi connectivity index (χ4n) is 3.31. The monoisotopic (exact) mass is 285 g/mol. The Kier molecular flexibility index (Phi) is 3.59. The SMILES string of the molecule is CC1(C)CN(C(=O)C2C(C(=O)O)C2(C)C)CC(CO)O1. The molecule has 1 amide bonds. The van der Waals surface area contributed by atoms with Gasteiger partial charge in [0, 0.05) is 13.1 Å². The van der Waals surface area contributed by atoms with Crippen LogP contribution in [0.2, 0.25) is 0 Å². The Balaban J connectivity index is 2.12. The van der Waals surface area contributed by atoms with E-state index in [4.69, 9.17) is 4.74 Å². The summed E-state index contributed by atoms with van der Waals surface area (Å²) in [5.74, 6) is -2.15. The van der Waals surface area contributed by atoms with E-state index in [0.29, 0.717) is 13.1 Å². The summed E-state index contributed by atoms with van der Waals surface area (Å²) >= 11 is 0. The summed E-state index contributed by atoms with van der Waals surface area (Å²) in [5, 5.41) is 18.4.